The summed E-state index contributed by atoms with van der Waals surface area (Å²) in [5.74, 6) is 0.598. The molecule has 1 unspecified atom stereocenters. The molecule has 3 N–H and O–H groups in total. The molecule has 1 atom stereocenters. The van der Waals surface area contributed by atoms with Crippen molar-refractivity contribution in [1.29, 1.82) is 0 Å². The van der Waals surface area contributed by atoms with E-state index in [1.807, 2.05) is 18.2 Å². The van der Waals surface area contributed by atoms with Gasteiger partial charge in [0, 0.05) is 6.04 Å². The number of hydrogen-bond donors (Lipinski definition) is 2. The van der Waals surface area contributed by atoms with Crippen LogP contribution < -0.4 is 15.8 Å². The number of anilines is 1. The summed E-state index contributed by atoms with van der Waals surface area (Å²) in [5, 5.41) is 2.78. The predicted octanol–water partition coefficient (Wildman–Crippen LogP) is 1.82. The fraction of sp³-hybridized carbons (Fsp3) is 0.417. The first kappa shape index (κ1) is 11.0. The second kappa shape index (κ2) is 4.53. The number of rotatable bonds is 3. The monoisotopic (exact) mass is 220 g/mol. The maximum Gasteiger partial charge on any atom is 0.262 e. The van der Waals surface area contributed by atoms with Crippen molar-refractivity contribution in [2.75, 3.05) is 11.9 Å². The van der Waals surface area contributed by atoms with Crippen LogP contribution in [0, 0.1) is 0 Å². The molecule has 0 bridgehead atoms. The van der Waals surface area contributed by atoms with Crippen LogP contribution in [0.2, 0.25) is 0 Å². The average molecular weight is 220 g/mol. The lowest BCUT2D eigenvalue weighted by Gasteiger charge is -2.20. The fourth-order valence-electron chi connectivity index (χ4n) is 1.81. The Morgan fingerprint density at radius 3 is 3.12 bits per heavy atom. The first-order chi connectivity index (χ1) is 7.70. The van der Waals surface area contributed by atoms with Crippen molar-refractivity contribution < 1.29 is 9.53 Å². The van der Waals surface area contributed by atoms with Crippen LogP contribution in [0.5, 0.6) is 5.75 Å². The van der Waals surface area contributed by atoms with Crippen LogP contribution in [0.4, 0.5) is 5.69 Å². The summed E-state index contributed by atoms with van der Waals surface area (Å²) in [7, 11) is 0. The Balaban J connectivity index is 2.24. The molecule has 0 saturated heterocycles. The van der Waals surface area contributed by atoms with Crippen LogP contribution >= 0.6 is 0 Å². The van der Waals surface area contributed by atoms with Crippen LogP contribution in [0.1, 0.15) is 31.4 Å². The van der Waals surface area contributed by atoms with Gasteiger partial charge in [-0.15, -0.1) is 0 Å². The Morgan fingerprint density at radius 2 is 2.38 bits per heavy atom. The summed E-state index contributed by atoms with van der Waals surface area (Å²) in [6, 6.07) is 5.73. The van der Waals surface area contributed by atoms with Crippen molar-refractivity contribution in [3.8, 4) is 5.75 Å². The van der Waals surface area contributed by atoms with Crippen molar-refractivity contribution in [2.45, 2.75) is 25.8 Å². The number of nitrogens with one attached hydrogen (secondary N) is 1. The van der Waals surface area contributed by atoms with Gasteiger partial charge in [0.05, 0.1) is 5.69 Å². The van der Waals surface area contributed by atoms with Crippen molar-refractivity contribution in [3.05, 3.63) is 23.8 Å². The van der Waals surface area contributed by atoms with E-state index in [1.165, 1.54) is 0 Å². The molecule has 0 saturated carbocycles. The van der Waals surface area contributed by atoms with E-state index in [1.54, 1.807) is 0 Å². The van der Waals surface area contributed by atoms with Crippen molar-refractivity contribution >= 4 is 11.6 Å². The lowest BCUT2D eigenvalue weighted by atomic mass is 10.0. The molecule has 0 spiro atoms. The van der Waals surface area contributed by atoms with Gasteiger partial charge in [-0.25, -0.2) is 0 Å². The molecule has 1 aromatic rings. The lowest BCUT2D eigenvalue weighted by Crippen LogP contribution is -2.25. The zero-order valence-corrected chi connectivity index (χ0v) is 9.32. The minimum Gasteiger partial charge on any atom is -0.482 e. The zero-order valence-electron chi connectivity index (χ0n) is 9.32. The molecule has 0 fully saturated rings. The van der Waals surface area contributed by atoms with Crippen LogP contribution in [-0.4, -0.2) is 12.5 Å². The first-order valence-corrected chi connectivity index (χ1v) is 5.53. The smallest absolute Gasteiger partial charge is 0.262 e. The number of carbonyl (C=O) groups excluding carboxylic acids is 1. The van der Waals surface area contributed by atoms with Crippen LogP contribution in [0.3, 0.4) is 0 Å². The Morgan fingerprint density at radius 1 is 1.56 bits per heavy atom. The molecule has 4 heteroatoms. The van der Waals surface area contributed by atoms with Gasteiger partial charge in [-0.05, 0) is 24.1 Å². The summed E-state index contributed by atoms with van der Waals surface area (Å²) in [6.45, 7) is 2.19. The van der Waals surface area contributed by atoms with E-state index >= 15 is 0 Å². The lowest BCUT2D eigenvalue weighted by molar-refractivity contribution is -0.118. The Bertz CT molecular complexity index is 404. The molecule has 2 rings (SSSR count). The van der Waals surface area contributed by atoms with Gasteiger partial charge >= 0.3 is 0 Å². The highest BCUT2D eigenvalue weighted by molar-refractivity contribution is 5.95. The van der Waals surface area contributed by atoms with Crippen LogP contribution in [0.15, 0.2) is 18.2 Å². The van der Waals surface area contributed by atoms with E-state index in [0.29, 0.717) is 5.75 Å². The summed E-state index contributed by atoms with van der Waals surface area (Å²) < 4.78 is 5.28. The van der Waals surface area contributed by atoms with Gasteiger partial charge in [0.1, 0.15) is 5.75 Å². The fourth-order valence-corrected chi connectivity index (χ4v) is 1.81. The maximum atomic E-state index is 11.2. The molecule has 0 aliphatic carbocycles. The SMILES string of the molecule is CCCC(N)c1ccc2c(c1)NC(=O)CO2. The number of fused-ring (bicyclic) bond motifs is 1. The second-order valence-electron chi connectivity index (χ2n) is 3.99. The Labute approximate surface area is 94.8 Å². The number of ether oxygens (including phenoxy) is 1. The highest BCUT2D eigenvalue weighted by atomic mass is 16.5. The topological polar surface area (TPSA) is 64.3 Å². The number of amides is 1. The molecular formula is C12H16N2O2. The third-order valence-electron chi connectivity index (χ3n) is 2.66. The van der Waals surface area contributed by atoms with Crippen molar-refractivity contribution in [2.24, 2.45) is 5.73 Å². The van der Waals surface area contributed by atoms with Crippen molar-refractivity contribution in [1.82, 2.24) is 0 Å². The molecule has 4 nitrogen and oxygen atoms in total. The van der Waals surface area contributed by atoms with Crippen LogP contribution in [-0.2, 0) is 4.79 Å². The molecule has 16 heavy (non-hydrogen) atoms. The van der Waals surface area contributed by atoms with Gasteiger partial charge < -0.3 is 15.8 Å². The summed E-state index contributed by atoms with van der Waals surface area (Å²) in [5.41, 5.74) is 7.78. The molecule has 86 valence electrons. The van der Waals surface area contributed by atoms with Gasteiger partial charge in [-0.2, -0.15) is 0 Å². The second-order valence-corrected chi connectivity index (χ2v) is 3.99. The van der Waals surface area contributed by atoms with Crippen LogP contribution in [0.25, 0.3) is 0 Å². The highest BCUT2D eigenvalue weighted by Crippen LogP contribution is 2.30. The maximum absolute atomic E-state index is 11.2. The van der Waals surface area contributed by atoms with E-state index in [2.05, 4.69) is 12.2 Å². The molecule has 1 heterocycles. The van der Waals surface area contributed by atoms with E-state index in [-0.39, 0.29) is 18.6 Å². The minimum atomic E-state index is -0.117. The third-order valence-corrected chi connectivity index (χ3v) is 2.66. The minimum absolute atomic E-state index is 0.0223. The summed E-state index contributed by atoms with van der Waals surface area (Å²) >= 11 is 0. The largest absolute Gasteiger partial charge is 0.482 e. The molecule has 1 aromatic carbocycles. The molecule has 1 amide bonds. The summed E-state index contributed by atoms with van der Waals surface area (Å²) in [4.78, 5) is 11.2. The van der Waals surface area contributed by atoms with E-state index < -0.39 is 0 Å². The zero-order chi connectivity index (χ0) is 11.5. The normalized spacial score (nSPS) is 16.0. The van der Waals surface area contributed by atoms with Gasteiger partial charge in [-0.1, -0.05) is 19.4 Å². The Hall–Kier alpha value is -1.55. The Kier molecular flexibility index (Phi) is 3.10. The molecular weight excluding hydrogens is 204 g/mol. The predicted molar refractivity (Wildman–Crippen MR) is 62.4 cm³/mol. The van der Waals surface area contributed by atoms with Gasteiger partial charge in [0.15, 0.2) is 6.61 Å². The third kappa shape index (κ3) is 2.17. The molecule has 0 radical (unpaired) electrons. The van der Waals surface area contributed by atoms with Gasteiger partial charge in [0.2, 0.25) is 0 Å². The van der Waals surface area contributed by atoms with Gasteiger partial charge in [0.25, 0.3) is 5.91 Å². The summed E-state index contributed by atoms with van der Waals surface area (Å²) in [6.07, 6.45) is 1.98. The highest BCUT2D eigenvalue weighted by Gasteiger charge is 2.17. The number of benzene rings is 1. The number of hydrogen-bond acceptors (Lipinski definition) is 3. The standard InChI is InChI=1S/C12H16N2O2/c1-2-3-9(13)8-4-5-11-10(6-8)14-12(15)7-16-11/h4-6,9H,2-3,7,13H2,1H3,(H,14,15). The van der Waals surface area contributed by atoms with Gasteiger partial charge in [-0.3, -0.25) is 4.79 Å². The number of nitrogens with two attached hydrogens (primary N) is 1. The van der Waals surface area contributed by atoms with E-state index in [4.69, 9.17) is 10.5 Å². The quantitative estimate of drug-likeness (QED) is 0.816. The molecule has 0 aromatic heterocycles. The van der Waals surface area contributed by atoms with E-state index in [9.17, 15) is 4.79 Å². The van der Waals surface area contributed by atoms with Crippen molar-refractivity contribution in [3.63, 3.8) is 0 Å². The number of carbonyl (C=O) groups is 1. The first-order valence-electron chi connectivity index (χ1n) is 5.53. The molecule has 1 aliphatic rings. The average Bonchev–Trinajstić information content (AvgIpc) is 2.28. The molecule has 1 aliphatic heterocycles. The van der Waals surface area contributed by atoms with E-state index in [0.717, 1.165) is 24.1 Å².